The molecule has 0 amide bonds. The van der Waals surface area contributed by atoms with Crippen molar-refractivity contribution < 1.29 is 4.39 Å². The first-order valence-electron chi connectivity index (χ1n) is 6.07. The molecule has 19 heavy (non-hydrogen) atoms. The van der Waals surface area contributed by atoms with Gasteiger partial charge < -0.3 is 10.7 Å². The molecule has 100 valence electrons. The Morgan fingerprint density at radius 2 is 1.89 bits per heavy atom. The van der Waals surface area contributed by atoms with Gasteiger partial charge in [0.2, 0.25) is 5.56 Å². The summed E-state index contributed by atoms with van der Waals surface area (Å²) in [5.74, 6) is -0.383. The van der Waals surface area contributed by atoms with Gasteiger partial charge in [-0.05, 0) is 40.3 Å². The minimum Gasteiger partial charge on any atom is -0.398 e. The third kappa shape index (κ3) is 2.67. The maximum absolute atomic E-state index is 13.6. The van der Waals surface area contributed by atoms with Crippen LogP contribution in [0.2, 0.25) is 0 Å². The number of anilines is 1. The van der Waals surface area contributed by atoms with E-state index in [9.17, 15) is 9.18 Å². The third-order valence-corrected chi connectivity index (χ3v) is 2.98. The van der Waals surface area contributed by atoms with Crippen molar-refractivity contribution in [2.75, 3.05) is 5.73 Å². The monoisotopic (exact) mass is 260 g/mol. The molecular weight excluding hydrogens is 243 g/mol. The van der Waals surface area contributed by atoms with Crippen molar-refractivity contribution in [3.63, 3.8) is 0 Å². The SMILES string of the molecule is CC(C)(C)c1c(N)cc(F)cc1-c1ccc(=O)[nH]c1. The molecule has 0 saturated heterocycles. The van der Waals surface area contributed by atoms with Crippen molar-refractivity contribution in [1.82, 2.24) is 4.98 Å². The second-order valence-electron chi connectivity index (χ2n) is 5.61. The molecule has 0 saturated carbocycles. The van der Waals surface area contributed by atoms with E-state index < -0.39 is 0 Å². The van der Waals surface area contributed by atoms with Gasteiger partial charge in [-0.1, -0.05) is 20.8 Å². The number of pyridine rings is 1. The predicted octanol–water partition coefficient (Wildman–Crippen LogP) is 3.06. The lowest BCUT2D eigenvalue weighted by Crippen LogP contribution is -2.16. The van der Waals surface area contributed by atoms with Crippen molar-refractivity contribution in [1.29, 1.82) is 0 Å². The van der Waals surface area contributed by atoms with Crippen LogP contribution in [0.5, 0.6) is 0 Å². The minimum absolute atomic E-state index is 0.189. The van der Waals surface area contributed by atoms with Crippen molar-refractivity contribution in [3.8, 4) is 11.1 Å². The normalized spacial score (nSPS) is 11.6. The lowest BCUT2D eigenvalue weighted by molar-refractivity contribution is 0.587. The summed E-state index contributed by atoms with van der Waals surface area (Å²) in [6, 6.07) is 5.87. The van der Waals surface area contributed by atoms with Gasteiger partial charge in [0.1, 0.15) is 5.82 Å². The number of benzene rings is 1. The Labute approximate surface area is 111 Å². The Kier molecular flexibility index (Phi) is 3.18. The molecule has 0 spiro atoms. The van der Waals surface area contributed by atoms with Gasteiger partial charge in [0.05, 0.1) is 0 Å². The molecule has 0 radical (unpaired) electrons. The fourth-order valence-corrected chi connectivity index (χ4v) is 2.27. The third-order valence-electron chi connectivity index (χ3n) is 2.98. The summed E-state index contributed by atoms with van der Waals surface area (Å²) in [6.07, 6.45) is 1.58. The number of aromatic amines is 1. The van der Waals surface area contributed by atoms with Gasteiger partial charge >= 0.3 is 0 Å². The summed E-state index contributed by atoms with van der Waals surface area (Å²) in [4.78, 5) is 13.7. The van der Waals surface area contributed by atoms with E-state index in [1.54, 1.807) is 12.3 Å². The number of nitrogens with two attached hydrogens (primary N) is 1. The molecule has 3 N–H and O–H groups in total. The zero-order valence-corrected chi connectivity index (χ0v) is 11.3. The summed E-state index contributed by atoms with van der Waals surface area (Å²) < 4.78 is 13.6. The minimum atomic E-state index is -0.383. The van der Waals surface area contributed by atoms with Crippen LogP contribution in [0.15, 0.2) is 35.3 Å². The van der Waals surface area contributed by atoms with Gasteiger partial charge in [-0.15, -0.1) is 0 Å². The summed E-state index contributed by atoms with van der Waals surface area (Å²) in [5, 5.41) is 0. The molecule has 0 aliphatic heterocycles. The van der Waals surface area contributed by atoms with Crippen molar-refractivity contribution in [3.05, 3.63) is 52.2 Å². The fourth-order valence-electron chi connectivity index (χ4n) is 2.27. The molecule has 2 rings (SSSR count). The molecule has 3 nitrogen and oxygen atoms in total. The summed E-state index contributed by atoms with van der Waals surface area (Å²) in [6.45, 7) is 6.06. The van der Waals surface area contributed by atoms with E-state index in [1.807, 2.05) is 20.8 Å². The second-order valence-corrected chi connectivity index (χ2v) is 5.61. The summed E-state index contributed by atoms with van der Waals surface area (Å²) in [5.41, 5.74) is 8.31. The number of halogens is 1. The van der Waals surface area contributed by atoms with E-state index in [1.165, 1.54) is 18.2 Å². The number of aromatic nitrogens is 1. The highest BCUT2D eigenvalue weighted by atomic mass is 19.1. The Morgan fingerprint density at radius 1 is 1.21 bits per heavy atom. The quantitative estimate of drug-likeness (QED) is 0.774. The highest BCUT2D eigenvalue weighted by Crippen LogP contribution is 2.37. The lowest BCUT2D eigenvalue weighted by Gasteiger charge is -2.25. The fraction of sp³-hybridized carbons (Fsp3) is 0.267. The molecule has 0 aliphatic carbocycles. The van der Waals surface area contributed by atoms with Crippen LogP contribution >= 0.6 is 0 Å². The first-order valence-corrected chi connectivity index (χ1v) is 6.07. The molecule has 0 unspecified atom stereocenters. The van der Waals surface area contributed by atoms with Crippen LogP contribution in [0.1, 0.15) is 26.3 Å². The average molecular weight is 260 g/mol. The summed E-state index contributed by atoms with van der Waals surface area (Å²) in [7, 11) is 0. The van der Waals surface area contributed by atoms with Crippen molar-refractivity contribution >= 4 is 5.69 Å². The predicted molar refractivity (Wildman–Crippen MR) is 75.6 cm³/mol. The van der Waals surface area contributed by atoms with E-state index >= 15 is 0 Å². The van der Waals surface area contributed by atoms with E-state index in [-0.39, 0.29) is 16.8 Å². The number of rotatable bonds is 1. The summed E-state index contributed by atoms with van der Waals surface area (Å²) >= 11 is 0. The zero-order chi connectivity index (χ0) is 14.2. The molecule has 0 atom stereocenters. The maximum Gasteiger partial charge on any atom is 0.247 e. The molecule has 0 aliphatic rings. The Bertz CT molecular complexity index is 648. The highest BCUT2D eigenvalue weighted by Gasteiger charge is 2.22. The topological polar surface area (TPSA) is 58.9 Å². The second kappa shape index (κ2) is 4.53. The van der Waals surface area contributed by atoms with E-state index in [4.69, 9.17) is 5.73 Å². The molecule has 1 aromatic heterocycles. The van der Waals surface area contributed by atoms with E-state index in [0.717, 1.165) is 11.1 Å². The highest BCUT2D eigenvalue weighted by molar-refractivity contribution is 5.74. The Hall–Kier alpha value is -2.10. The molecule has 0 bridgehead atoms. The molecule has 4 heteroatoms. The molecule has 1 aromatic carbocycles. The largest absolute Gasteiger partial charge is 0.398 e. The van der Waals surface area contributed by atoms with Crippen LogP contribution in [0.4, 0.5) is 10.1 Å². The Morgan fingerprint density at radius 3 is 2.42 bits per heavy atom. The van der Waals surface area contributed by atoms with Crippen LogP contribution in [-0.2, 0) is 5.41 Å². The van der Waals surface area contributed by atoms with Gasteiger partial charge in [-0.3, -0.25) is 4.79 Å². The van der Waals surface area contributed by atoms with Crippen LogP contribution in [0.3, 0.4) is 0 Å². The number of nitrogens with one attached hydrogen (secondary N) is 1. The maximum atomic E-state index is 13.6. The standard InChI is InChI=1S/C15H17FN2O/c1-15(2,3)14-11(6-10(16)7-12(14)17)9-4-5-13(19)18-8-9/h4-8H,17H2,1-3H3,(H,18,19). The molecule has 2 aromatic rings. The van der Waals surface area contributed by atoms with Crippen molar-refractivity contribution in [2.45, 2.75) is 26.2 Å². The van der Waals surface area contributed by atoms with Crippen LogP contribution in [-0.4, -0.2) is 4.98 Å². The number of hydrogen-bond donors (Lipinski definition) is 2. The number of hydrogen-bond acceptors (Lipinski definition) is 2. The number of H-pyrrole nitrogens is 1. The average Bonchev–Trinajstić information content (AvgIpc) is 2.26. The van der Waals surface area contributed by atoms with Gasteiger partial charge in [0.15, 0.2) is 0 Å². The van der Waals surface area contributed by atoms with Crippen LogP contribution in [0, 0.1) is 5.82 Å². The van der Waals surface area contributed by atoms with Gasteiger partial charge in [-0.2, -0.15) is 0 Å². The molecule has 1 heterocycles. The van der Waals surface area contributed by atoms with Crippen molar-refractivity contribution in [2.24, 2.45) is 0 Å². The molecular formula is C15H17FN2O. The first-order chi connectivity index (χ1) is 8.79. The smallest absolute Gasteiger partial charge is 0.247 e. The van der Waals surface area contributed by atoms with Gasteiger partial charge in [-0.25, -0.2) is 4.39 Å². The van der Waals surface area contributed by atoms with E-state index in [2.05, 4.69) is 4.98 Å². The lowest BCUT2D eigenvalue weighted by atomic mass is 9.81. The van der Waals surface area contributed by atoms with Crippen LogP contribution < -0.4 is 11.3 Å². The van der Waals surface area contributed by atoms with Crippen LogP contribution in [0.25, 0.3) is 11.1 Å². The van der Waals surface area contributed by atoms with Gasteiger partial charge in [0.25, 0.3) is 0 Å². The number of nitrogen functional groups attached to an aromatic ring is 1. The Balaban J connectivity index is 2.74. The van der Waals surface area contributed by atoms with Gasteiger partial charge in [0, 0.05) is 18.0 Å². The zero-order valence-electron chi connectivity index (χ0n) is 11.3. The van der Waals surface area contributed by atoms with E-state index in [0.29, 0.717) is 11.3 Å². The first kappa shape index (κ1) is 13.3. The molecule has 0 fully saturated rings.